The molecule has 0 radical (unpaired) electrons. The van der Waals surface area contributed by atoms with Gasteiger partial charge < -0.3 is 14.8 Å². The molecule has 1 unspecified atom stereocenters. The zero-order valence-corrected chi connectivity index (χ0v) is 11.0. The molecule has 16 heavy (non-hydrogen) atoms. The van der Waals surface area contributed by atoms with E-state index in [1.807, 2.05) is 6.92 Å². The second-order valence-electron chi connectivity index (χ2n) is 3.40. The van der Waals surface area contributed by atoms with Gasteiger partial charge in [0.05, 0.1) is 11.7 Å². The van der Waals surface area contributed by atoms with Crippen molar-refractivity contribution in [1.82, 2.24) is 0 Å². The van der Waals surface area contributed by atoms with Gasteiger partial charge in [0.15, 0.2) is 6.29 Å². The van der Waals surface area contributed by atoms with Crippen LogP contribution in [0.4, 0.5) is 10.1 Å². The zero-order chi connectivity index (χ0) is 12.1. The first-order chi connectivity index (χ1) is 7.58. The molecule has 0 bridgehead atoms. The predicted octanol–water partition coefficient (Wildman–Crippen LogP) is 3.01. The van der Waals surface area contributed by atoms with Crippen molar-refractivity contribution < 1.29 is 13.9 Å². The van der Waals surface area contributed by atoms with Crippen LogP contribution in [0.25, 0.3) is 0 Å². The molecule has 0 saturated heterocycles. The summed E-state index contributed by atoms with van der Waals surface area (Å²) in [7, 11) is 3.09. The lowest BCUT2D eigenvalue weighted by Gasteiger charge is -2.23. The van der Waals surface area contributed by atoms with Crippen LogP contribution in [-0.4, -0.2) is 26.6 Å². The molecule has 0 aliphatic carbocycles. The molecule has 0 saturated carbocycles. The number of benzene rings is 1. The Bertz CT molecular complexity index is 345. The van der Waals surface area contributed by atoms with Gasteiger partial charge in [-0.15, -0.1) is 0 Å². The van der Waals surface area contributed by atoms with E-state index >= 15 is 0 Å². The SMILES string of the molecule is COC(OC)C(C)Nc1ccc(Br)cc1F. The van der Waals surface area contributed by atoms with E-state index in [-0.39, 0.29) is 11.9 Å². The maximum atomic E-state index is 13.5. The van der Waals surface area contributed by atoms with Crippen LogP contribution in [0.3, 0.4) is 0 Å². The largest absolute Gasteiger partial charge is 0.375 e. The average Bonchev–Trinajstić information content (AvgIpc) is 2.24. The Morgan fingerprint density at radius 2 is 1.94 bits per heavy atom. The second kappa shape index (κ2) is 6.18. The average molecular weight is 292 g/mol. The quantitative estimate of drug-likeness (QED) is 0.846. The van der Waals surface area contributed by atoms with Crippen LogP contribution < -0.4 is 5.32 Å². The molecule has 1 N–H and O–H groups in total. The topological polar surface area (TPSA) is 30.5 Å². The van der Waals surface area contributed by atoms with E-state index in [9.17, 15) is 4.39 Å². The third kappa shape index (κ3) is 3.43. The lowest BCUT2D eigenvalue weighted by atomic mass is 10.2. The molecule has 0 spiro atoms. The molecular formula is C11H15BrFNO2. The van der Waals surface area contributed by atoms with Crippen LogP contribution in [0, 0.1) is 5.82 Å². The van der Waals surface area contributed by atoms with E-state index in [0.29, 0.717) is 10.2 Å². The van der Waals surface area contributed by atoms with Crippen LogP contribution in [0.2, 0.25) is 0 Å². The lowest BCUT2D eigenvalue weighted by Crippen LogP contribution is -2.34. The highest BCUT2D eigenvalue weighted by atomic mass is 79.9. The van der Waals surface area contributed by atoms with E-state index in [1.165, 1.54) is 6.07 Å². The fourth-order valence-corrected chi connectivity index (χ4v) is 1.76. The van der Waals surface area contributed by atoms with Crippen LogP contribution in [0.1, 0.15) is 6.92 Å². The standard InChI is InChI=1S/C11H15BrFNO2/c1-7(11(15-2)16-3)14-10-5-4-8(12)6-9(10)13/h4-7,11,14H,1-3H3. The summed E-state index contributed by atoms with van der Waals surface area (Å²) in [4.78, 5) is 0. The molecule has 1 aromatic rings. The van der Waals surface area contributed by atoms with E-state index in [2.05, 4.69) is 21.2 Å². The third-order valence-electron chi connectivity index (χ3n) is 2.19. The smallest absolute Gasteiger partial charge is 0.176 e. The van der Waals surface area contributed by atoms with Crippen molar-refractivity contribution in [2.75, 3.05) is 19.5 Å². The van der Waals surface area contributed by atoms with Crippen molar-refractivity contribution in [3.8, 4) is 0 Å². The Hall–Kier alpha value is -0.650. The van der Waals surface area contributed by atoms with Crippen LogP contribution in [0.5, 0.6) is 0 Å². The number of methoxy groups -OCH3 is 2. The Morgan fingerprint density at radius 1 is 1.31 bits per heavy atom. The number of hydrogen-bond acceptors (Lipinski definition) is 3. The number of ether oxygens (including phenoxy) is 2. The molecule has 90 valence electrons. The van der Waals surface area contributed by atoms with Crippen molar-refractivity contribution in [2.24, 2.45) is 0 Å². The molecule has 1 aromatic carbocycles. The monoisotopic (exact) mass is 291 g/mol. The van der Waals surface area contributed by atoms with Gasteiger partial charge in [0.2, 0.25) is 0 Å². The molecule has 1 atom stereocenters. The highest BCUT2D eigenvalue weighted by molar-refractivity contribution is 9.10. The maximum absolute atomic E-state index is 13.5. The van der Waals surface area contributed by atoms with Gasteiger partial charge >= 0.3 is 0 Å². The first-order valence-corrected chi connectivity index (χ1v) is 5.65. The highest BCUT2D eigenvalue weighted by Gasteiger charge is 2.16. The van der Waals surface area contributed by atoms with Gasteiger partial charge in [-0.3, -0.25) is 0 Å². The predicted molar refractivity (Wildman–Crippen MR) is 65.0 cm³/mol. The minimum atomic E-state index is -0.414. The molecule has 5 heteroatoms. The van der Waals surface area contributed by atoms with Crippen LogP contribution >= 0.6 is 15.9 Å². The maximum Gasteiger partial charge on any atom is 0.176 e. The summed E-state index contributed by atoms with van der Waals surface area (Å²) in [5, 5.41) is 2.99. The van der Waals surface area contributed by atoms with Crippen molar-refractivity contribution in [3.63, 3.8) is 0 Å². The third-order valence-corrected chi connectivity index (χ3v) is 2.68. The molecular weight excluding hydrogens is 277 g/mol. The van der Waals surface area contributed by atoms with Gasteiger partial charge in [-0.05, 0) is 25.1 Å². The summed E-state index contributed by atoms with van der Waals surface area (Å²) in [5.74, 6) is -0.313. The summed E-state index contributed by atoms with van der Waals surface area (Å²) in [6.07, 6.45) is -0.414. The zero-order valence-electron chi connectivity index (χ0n) is 9.46. The van der Waals surface area contributed by atoms with Crippen molar-refractivity contribution >= 4 is 21.6 Å². The number of hydrogen-bond donors (Lipinski definition) is 1. The minimum absolute atomic E-state index is 0.148. The molecule has 3 nitrogen and oxygen atoms in total. The molecule has 1 rings (SSSR count). The van der Waals surface area contributed by atoms with Crippen molar-refractivity contribution in [3.05, 3.63) is 28.5 Å². The normalized spacial score (nSPS) is 12.9. The molecule has 0 fully saturated rings. The summed E-state index contributed by atoms with van der Waals surface area (Å²) in [6, 6.07) is 4.69. The lowest BCUT2D eigenvalue weighted by molar-refractivity contribution is -0.109. The number of anilines is 1. The van der Waals surface area contributed by atoms with Gasteiger partial charge in [-0.1, -0.05) is 15.9 Å². The number of nitrogens with one attached hydrogen (secondary N) is 1. The Kier molecular flexibility index (Phi) is 5.18. The van der Waals surface area contributed by atoms with Crippen molar-refractivity contribution in [2.45, 2.75) is 19.3 Å². The second-order valence-corrected chi connectivity index (χ2v) is 4.31. The van der Waals surface area contributed by atoms with Crippen LogP contribution in [-0.2, 0) is 9.47 Å². The number of rotatable bonds is 5. The van der Waals surface area contributed by atoms with Crippen molar-refractivity contribution in [1.29, 1.82) is 0 Å². The minimum Gasteiger partial charge on any atom is -0.375 e. The van der Waals surface area contributed by atoms with Gasteiger partial charge in [0.25, 0.3) is 0 Å². The number of halogens is 2. The van der Waals surface area contributed by atoms with Gasteiger partial charge in [-0.25, -0.2) is 4.39 Å². The van der Waals surface area contributed by atoms with E-state index in [4.69, 9.17) is 9.47 Å². The molecule has 0 aliphatic heterocycles. The summed E-state index contributed by atoms with van der Waals surface area (Å²) in [5.41, 5.74) is 0.426. The first kappa shape index (κ1) is 13.4. The van der Waals surface area contributed by atoms with Crippen LogP contribution in [0.15, 0.2) is 22.7 Å². The Morgan fingerprint density at radius 3 is 2.44 bits per heavy atom. The molecule has 0 amide bonds. The fourth-order valence-electron chi connectivity index (χ4n) is 1.42. The van der Waals surface area contributed by atoms with Gasteiger partial charge in [0, 0.05) is 18.7 Å². The summed E-state index contributed by atoms with van der Waals surface area (Å²) >= 11 is 3.20. The Balaban J connectivity index is 2.72. The van der Waals surface area contributed by atoms with E-state index in [0.717, 1.165) is 0 Å². The fraction of sp³-hybridized carbons (Fsp3) is 0.455. The Labute approximate surface area is 103 Å². The molecule has 0 aliphatic rings. The van der Waals surface area contributed by atoms with Gasteiger partial charge in [-0.2, -0.15) is 0 Å². The first-order valence-electron chi connectivity index (χ1n) is 4.85. The highest BCUT2D eigenvalue weighted by Crippen LogP contribution is 2.20. The summed E-state index contributed by atoms with van der Waals surface area (Å²) < 4.78 is 24.4. The van der Waals surface area contributed by atoms with E-state index in [1.54, 1.807) is 26.4 Å². The molecule has 0 aromatic heterocycles. The molecule has 0 heterocycles. The van der Waals surface area contributed by atoms with E-state index < -0.39 is 6.29 Å². The summed E-state index contributed by atoms with van der Waals surface area (Å²) in [6.45, 7) is 1.86. The van der Waals surface area contributed by atoms with Gasteiger partial charge in [0.1, 0.15) is 5.82 Å².